The number of nitrogens with one attached hydrogen (secondary N) is 1. The van der Waals surface area contributed by atoms with E-state index in [2.05, 4.69) is 36.3 Å². The highest BCUT2D eigenvalue weighted by Crippen LogP contribution is 2.25. The van der Waals surface area contributed by atoms with Crippen molar-refractivity contribution in [2.75, 3.05) is 24.4 Å². The molecule has 1 aromatic carbocycles. The molecule has 2 aromatic rings. The van der Waals surface area contributed by atoms with Crippen LogP contribution in [0.3, 0.4) is 0 Å². The van der Waals surface area contributed by atoms with E-state index in [9.17, 15) is 4.39 Å². The van der Waals surface area contributed by atoms with Crippen molar-refractivity contribution < 1.29 is 9.13 Å². The third kappa shape index (κ3) is 3.31. The zero-order valence-electron chi connectivity index (χ0n) is 10.8. The van der Waals surface area contributed by atoms with Gasteiger partial charge in [0.2, 0.25) is 11.9 Å². The molecule has 0 bridgehead atoms. The van der Waals surface area contributed by atoms with Crippen LogP contribution in [0.2, 0.25) is 0 Å². The zero-order valence-corrected chi connectivity index (χ0v) is 12.3. The van der Waals surface area contributed by atoms with Crippen LogP contribution < -0.4 is 20.9 Å². The number of hydrazine groups is 1. The van der Waals surface area contributed by atoms with E-state index in [0.717, 1.165) is 0 Å². The number of nitrogens with two attached hydrogens (primary N) is 1. The highest BCUT2D eigenvalue weighted by atomic mass is 79.9. The van der Waals surface area contributed by atoms with E-state index >= 15 is 0 Å². The summed E-state index contributed by atoms with van der Waals surface area (Å²) >= 11 is 3.17. The van der Waals surface area contributed by atoms with Crippen LogP contribution in [0.4, 0.5) is 16.3 Å². The molecule has 0 fully saturated rings. The molecular formula is C11H12BrFN6O. The molecule has 1 aromatic heterocycles. The van der Waals surface area contributed by atoms with Crippen LogP contribution in [0.5, 0.6) is 11.8 Å². The number of aromatic nitrogens is 3. The molecule has 0 atom stereocenters. The van der Waals surface area contributed by atoms with Gasteiger partial charge in [-0.3, -0.25) is 5.43 Å². The standard InChI is InChI=1S/C11H12BrFN6O/c1-19(2)10-15-9(18-14)16-11(17-10)20-8-4-3-6(12)5-7(8)13/h3-5H,14H2,1-2H3,(H,15,16,17,18). The molecule has 3 N–H and O–H groups in total. The fourth-order valence-corrected chi connectivity index (χ4v) is 1.65. The average Bonchev–Trinajstić information content (AvgIpc) is 2.41. The van der Waals surface area contributed by atoms with Crippen LogP contribution >= 0.6 is 15.9 Å². The van der Waals surface area contributed by atoms with E-state index in [1.54, 1.807) is 25.1 Å². The number of ether oxygens (including phenoxy) is 1. The molecule has 0 amide bonds. The highest BCUT2D eigenvalue weighted by molar-refractivity contribution is 9.10. The van der Waals surface area contributed by atoms with Gasteiger partial charge in [-0.2, -0.15) is 15.0 Å². The first-order valence-corrected chi connectivity index (χ1v) is 6.32. The number of nitrogens with zero attached hydrogens (tertiary/aromatic N) is 4. The SMILES string of the molecule is CN(C)c1nc(NN)nc(Oc2ccc(Br)cc2F)n1. The Kier molecular flexibility index (Phi) is 4.30. The Morgan fingerprint density at radius 1 is 1.30 bits per heavy atom. The van der Waals surface area contributed by atoms with Gasteiger partial charge in [0.1, 0.15) is 0 Å². The lowest BCUT2D eigenvalue weighted by Crippen LogP contribution is -2.17. The second-order valence-corrected chi connectivity index (χ2v) is 4.87. The van der Waals surface area contributed by atoms with Crippen LogP contribution in [-0.4, -0.2) is 29.0 Å². The van der Waals surface area contributed by atoms with Gasteiger partial charge in [0.05, 0.1) is 0 Å². The molecular weight excluding hydrogens is 331 g/mol. The zero-order chi connectivity index (χ0) is 14.7. The van der Waals surface area contributed by atoms with Crippen molar-refractivity contribution in [3.05, 3.63) is 28.5 Å². The van der Waals surface area contributed by atoms with E-state index in [4.69, 9.17) is 10.6 Å². The summed E-state index contributed by atoms with van der Waals surface area (Å²) in [6.45, 7) is 0. The summed E-state index contributed by atoms with van der Waals surface area (Å²) in [6.07, 6.45) is 0. The van der Waals surface area contributed by atoms with Gasteiger partial charge < -0.3 is 9.64 Å². The molecule has 0 spiro atoms. The molecule has 7 nitrogen and oxygen atoms in total. The van der Waals surface area contributed by atoms with Gasteiger partial charge in [0.25, 0.3) is 0 Å². The van der Waals surface area contributed by atoms with E-state index in [1.807, 2.05) is 0 Å². The van der Waals surface area contributed by atoms with Crippen LogP contribution in [0.25, 0.3) is 0 Å². The normalized spacial score (nSPS) is 10.2. The van der Waals surface area contributed by atoms with Crippen molar-refractivity contribution in [2.45, 2.75) is 0 Å². The Balaban J connectivity index is 2.34. The molecule has 0 unspecified atom stereocenters. The molecule has 20 heavy (non-hydrogen) atoms. The van der Waals surface area contributed by atoms with Crippen molar-refractivity contribution in [3.8, 4) is 11.8 Å². The summed E-state index contributed by atoms with van der Waals surface area (Å²) < 4.78 is 19.6. The fourth-order valence-electron chi connectivity index (χ4n) is 1.31. The molecule has 0 saturated carbocycles. The van der Waals surface area contributed by atoms with E-state index in [1.165, 1.54) is 12.1 Å². The van der Waals surface area contributed by atoms with Gasteiger partial charge in [0.15, 0.2) is 11.6 Å². The fraction of sp³-hybridized carbons (Fsp3) is 0.182. The molecule has 0 saturated heterocycles. The van der Waals surface area contributed by atoms with Crippen LogP contribution in [-0.2, 0) is 0 Å². The molecule has 9 heteroatoms. The highest BCUT2D eigenvalue weighted by Gasteiger charge is 2.12. The minimum absolute atomic E-state index is 0.00655. The number of benzene rings is 1. The van der Waals surface area contributed by atoms with Gasteiger partial charge in [-0.25, -0.2) is 10.2 Å². The lowest BCUT2D eigenvalue weighted by Gasteiger charge is -2.12. The lowest BCUT2D eigenvalue weighted by molar-refractivity contribution is 0.410. The second kappa shape index (κ2) is 5.97. The summed E-state index contributed by atoms with van der Waals surface area (Å²) in [6, 6.07) is 4.34. The van der Waals surface area contributed by atoms with Gasteiger partial charge in [-0.1, -0.05) is 15.9 Å². The first-order valence-electron chi connectivity index (χ1n) is 5.52. The van der Waals surface area contributed by atoms with Crippen molar-refractivity contribution in [2.24, 2.45) is 5.84 Å². The van der Waals surface area contributed by atoms with Crippen molar-refractivity contribution in [3.63, 3.8) is 0 Å². The molecule has 0 aliphatic rings. The monoisotopic (exact) mass is 342 g/mol. The largest absolute Gasteiger partial charge is 0.421 e. The predicted molar refractivity (Wildman–Crippen MR) is 76.1 cm³/mol. The Hall–Kier alpha value is -2.00. The molecule has 0 aliphatic heterocycles. The van der Waals surface area contributed by atoms with E-state index in [-0.39, 0.29) is 17.7 Å². The van der Waals surface area contributed by atoms with Crippen molar-refractivity contribution in [1.82, 2.24) is 15.0 Å². The van der Waals surface area contributed by atoms with Crippen LogP contribution in [0.1, 0.15) is 0 Å². The quantitative estimate of drug-likeness (QED) is 0.648. The van der Waals surface area contributed by atoms with Crippen LogP contribution in [0.15, 0.2) is 22.7 Å². The van der Waals surface area contributed by atoms with Crippen molar-refractivity contribution >= 4 is 27.8 Å². The summed E-state index contributed by atoms with van der Waals surface area (Å²) in [5, 5.41) is 0. The minimum atomic E-state index is -0.534. The Morgan fingerprint density at radius 3 is 2.65 bits per heavy atom. The third-order valence-corrected chi connectivity index (χ3v) is 2.72. The second-order valence-electron chi connectivity index (χ2n) is 3.96. The Bertz CT molecular complexity index is 624. The number of hydrogen-bond donors (Lipinski definition) is 2. The number of rotatable bonds is 4. The van der Waals surface area contributed by atoms with Gasteiger partial charge in [-0.05, 0) is 18.2 Å². The number of nitrogen functional groups attached to an aromatic ring is 1. The smallest absolute Gasteiger partial charge is 0.328 e. The molecule has 0 aliphatic carbocycles. The average molecular weight is 343 g/mol. The topological polar surface area (TPSA) is 89.2 Å². The molecule has 2 rings (SSSR count). The van der Waals surface area contributed by atoms with E-state index < -0.39 is 5.82 Å². The lowest BCUT2D eigenvalue weighted by atomic mass is 10.3. The van der Waals surface area contributed by atoms with Crippen LogP contribution in [0, 0.1) is 5.82 Å². The van der Waals surface area contributed by atoms with Gasteiger partial charge in [-0.15, -0.1) is 0 Å². The minimum Gasteiger partial charge on any atom is -0.421 e. The van der Waals surface area contributed by atoms with Gasteiger partial charge >= 0.3 is 6.01 Å². The molecule has 0 radical (unpaired) electrons. The predicted octanol–water partition coefficient (Wildman–Crippen LogP) is 1.92. The summed E-state index contributed by atoms with van der Waals surface area (Å²) in [5.74, 6) is 5.20. The van der Waals surface area contributed by atoms with Gasteiger partial charge in [0, 0.05) is 18.6 Å². The number of anilines is 2. The first-order chi connectivity index (χ1) is 9.49. The Morgan fingerprint density at radius 2 is 2.05 bits per heavy atom. The van der Waals surface area contributed by atoms with Crippen molar-refractivity contribution in [1.29, 1.82) is 0 Å². The summed E-state index contributed by atoms with van der Waals surface area (Å²) in [4.78, 5) is 13.6. The first kappa shape index (κ1) is 14.4. The Labute approximate surface area is 123 Å². The summed E-state index contributed by atoms with van der Waals surface area (Å²) in [7, 11) is 3.50. The summed E-state index contributed by atoms with van der Waals surface area (Å²) in [5.41, 5.74) is 2.30. The molecule has 106 valence electrons. The third-order valence-electron chi connectivity index (χ3n) is 2.23. The number of hydrogen-bond acceptors (Lipinski definition) is 7. The number of halogens is 2. The maximum absolute atomic E-state index is 13.7. The van der Waals surface area contributed by atoms with E-state index in [0.29, 0.717) is 10.4 Å². The maximum atomic E-state index is 13.7. The maximum Gasteiger partial charge on any atom is 0.328 e. The molecule has 1 heterocycles.